The van der Waals surface area contributed by atoms with E-state index in [1.54, 1.807) is 0 Å². The van der Waals surface area contributed by atoms with Gasteiger partial charge in [-0.15, -0.1) is 0 Å². The van der Waals surface area contributed by atoms with E-state index in [4.69, 9.17) is 11.5 Å². The Labute approximate surface area is 69.5 Å². The van der Waals surface area contributed by atoms with Gasteiger partial charge in [0.1, 0.15) is 6.54 Å². The molecular formula is C4H9N3O4S. The minimum atomic E-state index is -3.77. The van der Waals surface area contributed by atoms with E-state index >= 15 is 0 Å². The second kappa shape index (κ2) is 3.90. The molecule has 0 spiro atoms. The lowest BCUT2D eigenvalue weighted by Crippen LogP contribution is -2.25. The minimum absolute atomic E-state index is 0.305. The van der Waals surface area contributed by atoms with Crippen LogP contribution in [0.2, 0.25) is 0 Å². The van der Waals surface area contributed by atoms with Crippen molar-refractivity contribution >= 4 is 22.0 Å². The molecule has 0 saturated heterocycles. The van der Waals surface area contributed by atoms with E-state index in [1.165, 1.54) is 0 Å². The Morgan fingerprint density at radius 2 is 2.00 bits per heavy atom. The van der Waals surface area contributed by atoms with E-state index < -0.39 is 22.6 Å². The first-order chi connectivity index (χ1) is 5.31. The maximum atomic E-state index is 10.5. The number of carbonyl (C=O) groups excluding carboxylic acids is 1. The zero-order chi connectivity index (χ0) is 9.78. The monoisotopic (exact) mass is 195 g/mol. The van der Waals surface area contributed by atoms with Crippen LogP contribution in [0.25, 0.3) is 0 Å². The number of rotatable bonds is 3. The van der Waals surface area contributed by atoms with Crippen LogP contribution in [0, 0.1) is 0 Å². The number of aliphatic imine (C=N–C) groups is 1. The van der Waals surface area contributed by atoms with Crippen molar-refractivity contribution in [3.63, 3.8) is 0 Å². The van der Waals surface area contributed by atoms with Crippen molar-refractivity contribution < 1.29 is 17.4 Å². The fourth-order valence-corrected chi connectivity index (χ4v) is 0.741. The molecule has 0 heterocycles. The van der Waals surface area contributed by atoms with Crippen molar-refractivity contribution in [2.45, 2.75) is 0 Å². The van der Waals surface area contributed by atoms with Crippen molar-refractivity contribution in [2.24, 2.45) is 16.5 Å². The summed E-state index contributed by atoms with van der Waals surface area (Å²) in [5.41, 5.74) is 9.75. The largest absolute Gasteiger partial charge is 0.370 e. The van der Waals surface area contributed by atoms with Gasteiger partial charge in [-0.2, -0.15) is 8.42 Å². The molecule has 0 aromatic heterocycles. The van der Waals surface area contributed by atoms with Crippen molar-refractivity contribution in [2.75, 3.05) is 12.8 Å². The zero-order valence-corrected chi connectivity index (χ0v) is 7.17. The van der Waals surface area contributed by atoms with E-state index in [0.717, 1.165) is 6.26 Å². The van der Waals surface area contributed by atoms with Crippen LogP contribution in [-0.4, -0.2) is 33.1 Å². The van der Waals surface area contributed by atoms with Gasteiger partial charge in [-0.05, 0) is 0 Å². The van der Waals surface area contributed by atoms with Crippen LogP contribution in [-0.2, 0) is 19.1 Å². The molecule has 0 fully saturated rings. The molecular weight excluding hydrogens is 186 g/mol. The molecule has 0 aliphatic carbocycles. The van der Waals surface area contributed by atoms with E-state index in [-0.39, 0.29) is 5.96 Å². The third-order valence-electron chi connectivity index (χ3n) is 0.635. The Bertz CT molecular complexity index is 289. The maximum Gasteiger partial charge on any atom is 0.343 e. The van der Waals surface area contributed by atoms with E-state index in [9.17, 15) is 13.2 Å². The third-order valence-corrected chi connectivity index (χ3v) is 1.12. The van der Waals surface area contributed by atoms with Gasteiger partial charge in [-0.25, -0.2) is 9.79 Å². The Morgan fingerprint density at radius 3 is 2.33 bits per heavy atom. The maximum absolute atomic E-state index is 10.5. The number of guanidine groups is 1. The van der Waals surface area contributed by atoms with Crippen LogP contribution in [0.4, 0.5) is 0 Å². The predicted molar refractivity (Wildman–Crippen MR) is 41.6 cm³/mol. The van der Waals surface area contributed by atoms with E-state index in [0.29, 0.717) is 0 Å². The van der Waals surface area contributed by atoms with Crippen molar-refractivity contribution in [1.82, 2.24) is 0 Å². The highest BCUT2D eigenvalue weighted by Crippen LogP contribution is 1.88. The molecule has 8 heteroatoms. The minimum Gasteiger partial charge on any atom is -0.370 e. The molecule has 12 heavy (non-hydrogen) atoms. The molecule has 0 amide bonds. The predicted octanol–water partition coefficient (Wildman–Crippen LogP) is -2.24. The van der Waals surface area contributed by atoms with Gasteiger partial charge in [0.15, 0.2) is 5.96 Å². The second-order valence-corrected chi connectivity index (χ2v) is 3.48. The molecule has 0 atom stereocenters. The quantitative estimate of drug-likeness (QED) is 0.298. The standard InChI is InChI=1S/C4H9N3O4S/c1-12(9,10)11-3(8)2-7-4(5)6/h2H2,1H3,(H4,5,6,7). The Balaban J connectivity index is 4.02. The Morgan fingerprint density at radius 1 is 1.50 bits per heavy atom. The molecule has 0 radical (unpaired) electrons. The summed E-state index contributed by atoms with van der Waals surface area (Å²) in [6, 6.07) is 0. The first-order valence-corrected chi connectivity index (χ1v) is 4.60. The van der Waals surface area contributed by atoms with Gasteiger partial charge in [-0.3, -0.25) is 0 Å². The second-order valence-electron chi connectivity index (χ2n) is 1.90. The molecule has 0 bridgehead atoms. The average Bonchev–Trinajstić information content (AvgIpc) is 1.79. The van der Waals surface area contributed by atoms with Crippen LogP contribution < -0.4 is 11.5 Å². The lowest BCUT2D eigenvalue weighted by Gasteiger charge is -1.97. The van der Waals surface area contributed by atoms with Gasteiger partial charge in [0.2, 0.25) is 0 Å². The van der Waals surface area contributed by atoms with Gasteiger partial charge in [0.05, 0.1) is 6.26 Å². The summed E-state index contributed by atoms with van der Waals surface area (Å²) in [5.74, 6) is -1.33. The summed E-state index contributed by atoms with van der Waals surface area (Å²) in [6.45, 7) is -0.505. The van der Waals surface area contributed by atoms with Crippen molar-refractivity contribution in [3.05, 3.63) is 0 Å². The molecule has 4 N–H and O–H groups in total. The average molecular weight is 195 g/mol. The summed E-state index contributed by atoms with van der Waals surface area (Å²) in [5, 5.41) is 0. The highest BCUT2D eigenvalue weighted by molar-refractivity contribution is 7.86. The van der Waals surface area contributed by atoms with Crippen molar-refractivity contribution in [1.29, 1.82) is 0 Å². The third kappa shape index (κ3) is 6.81. The fourth-order valence-electron chi connectivity index (χ4n) is 0.351. The molecule has 0 saturated carbocycles. The topological polar surface area (TPSA) is 125 Å². The van der Waals surface area contributed by atoms with Crippen LogP contribution in [0.5, 0.6) is 0 Å². The Hall–Kier alpha value is -1.31. The highest BCUT2D eigenvalue weighted by Gasteiger charge is 2.09. The first-order valence-electron chi connectivity index (χ1n) is 2.79. The van der Waals surface area contributed by atoms with Crippen LogP contribution in [0.1, 0.15) is 0 Å². The number of carbonyl (C=O) groups is 1. The van der Waals surface area contributed by atoms with Crippen LogP contribution in [0.3, 0.4) is 0 Å². The highest BCUT2D eigenvalue weighted by atomic mass is 32.2. The number of nitrogens with two attached hydrogens (primary N) is 2. The van der Waals surface area contributed by atoms with Gasteiger partial charge >= 0.3 is 16.1 Å². The summed E-state index contributed by atoms with van der Waals surface area (Å²) in [7, 11) is -3.77. The first kappa shape index (κ1) is 10.7. The molecule has 0 aromatic rings. The molecule has 0 rings (SSSR count). The van der Waals surface area contributed by atoms with Gasteiger partial charge in [0, 0.05) is 0 Å². The van der Waals surface area contributed by atoms with E-state index in [2.05, 4.69) is 9.18 Å². The normalized spacial score (nSPS) is 10.4. The van der Waals surface area contributed by atoms with Crippen LogP contribution in [0.15, 0.2) is 4.99 Å². The van der Waals surface area contributed by atoms with Crippen molar-refractivity contribution in [3.8, 4) is 0 Å². The molecule has 7 nitrogen and oxygen atoms in total. The fraction of sp³-hybridized carbons (Fsp3) is 0.500. The number of hydrogen-bond donors (Lipinski definition) is 2. The summed E-state index contributed by atoms with van der Waals surface area (Å²) < 4.78 is 24.6. The Kier molecular flexibility index (Phi) is 3.48. The summed E-state index contributed by atoms with van der Waals surface area (Å²) in [6.07, 6.45) is 0.750. The molecule has 0 aliphatic rings. The van der Waals surface area contributed by atoms with Gasteiger partial charge < -0.3 is 15.7 Å². The molecule has 0 unspecified atom stereocenters. The lowest BCUT2D eigenvalue weighted by atomic mass is 10.7. The number of nitrogens with zero attached hydrogens (tertiary/aromatic N) is 1. The van der Waals surface area contributed by atoms with Gasteiger partial charge in [0.25, 0.3) is 0 Å². The van der Waals surface area contributed by atoms with E-state index in [1.807, 2.05) is 0 Å². The summed E-state index contributed by atoms with van der Waals surface area (Å²) >= 11 is 0. The van der Waals surface area contributed by atoms with Crippen LogP contribution >= 0.6 is 0 Å². The SMILES string of the molecule is CS(=O)(=O)OC(=O)CN=C(N)N. The molecule has 0 aliphatic heterocycles. The molecule has 0 aromatic carbocycles. The van der Waals surface area contributed by atoms with Gasteiger partial charge in [-0.1, -0.05) is 0 Å². The lowest BCUT2D eigenvalue weighted by molar-refractivity contribution is -0.132. The zero-order valence-electron chi connectivity index (χ0n) is 6.35. The molecule has 70 valence electrons. The summed E-state index contributed by atoms with van der Waals surface area (Å²) in [4.78, 5) is 13.8. The smallest absolute Gasteiger partial charge is 0.343 e. The number of hydrogen-bond acceptors (Lipinski definition) is 5.